The Labute approximate surface area is 207 Å². The van der Waals surface area contributed by atoms with Gasteiger partial charge in [0.05, 0.1) is 12.4 Å². The summed E-state index contributed by atoms with van der Waals surface area (Å²) in [5.74, 6) is 1.15. The van der Waals surface area contributed by atoms with Gasteiger partial charge in [0.15, 0.2) is 0 Å². The van der Waals surface area contributed by atoms with Crippen molar-refractivity contribution < 1.29 is 14.3 Å². The molecule has 8 heteroatoms. The topological polar surface area (TPSA) is 116 Å². The number of rotatable bonds is 10. The van der Waals surface area contributed by atoms with E-state index in [1.54, 1.807) is 13.0 Å². The molecule has 35 heavy (non-hydrogen) atoms. The maximum atomic E-state index is 12.2. The summed E-state index contributed by atoms with van der Waals surface area (Å²) in [7, 11) is 0. The quantitative estimate of drug-likeness (QED) is 0.272. The average Bonchev–Trinajstić information content (AvgIpc) is 2.84. The second-order valence-corrected chi connectivity index (χ2v) is 8.51. The second kappa shape index (κ2) is 12.6. The number of esters is 1. The number of hydrogen-bond acceptors (Lipinski definition) is 6. The normalized spacial score (nSPS) is 14.1. The van der Waals surface area contributed by atoms with Crippen LogP contribution in [0.15, 0.2) is 54.6 Å². The number of nitrogens with one attached hydrogen (secondary N) is 2. The summed E-state index contributed by atoms with van der Waals surface area (Å²) in [5, 5.41) is 15.4. The Bertz CT molecular complexity index is 1040. The monoisotopic (exact) mass is 477 g/mol. The molecule has 1 saturated heterocycles. The summed E-state index contributed by atoms with van der Waals surface area (Å²) in [5.41, 5.74) is 8.08. The third kappa shape index (κ3) is 7.88. The molecule has 0 aromatic heterocycles. The third-order valence-electron chi connectivity index (χ3n) is 5.88. The largest absolute Gasteiger partial charge is 0.490 e. The zero-order chi connectivity index (χ0) is 25.2. The minimum atomic E-state index is -0.284. The molecule has 3 rings (SSSR count). The smallest absolute Gasteiger partial charge is 0.325 e. The molecule has 0 unspecified atom stereocenters. The lowest BCUT2D eigenvalue weighted by Crippen LogP contribution is -2.40. The van der Waals surface area contributed by atoms with E-state index < -0.39 is 0 Å². The first-order valence-corrected chi connectivity index (χ1v) is 11.9. The van der Waals surface area contributed by atoms with Crippen LogP contribution in [0.5, 0.6) is 5.75 Å². The van der Waals surface area contributed by atoms with Gasteiger partial charge in [-0.2, -0.15) is 0 Å². The fourth-order valence-electron chi connectivity index (χ4n) is 3.99. The van der Waals surface area contributed by atoms with E-state index in [0.29, 0.717) is 24.6 Å². The summed E-state index contributed by atoms with van der Waals surface area (Å²) < 4.78 is 11.3. The Kier molecular flexibility index (Phi) is 9.29. The molecule has 2 aromatic rings. The molecule has 4 N–H and O–H groups in total. The van der Waals surface area contributed by atoms with Gasteiger partial charge in [-0.25, -0.2) is 0 Å². The van der Waals surface area contributed by atoms with Crippen LogP contribution in [0.2, 0.25) is 0 Å². The van der Waals surface area contributed by atoms with Gasteiger partial charge in [-0.1, -0.05) is 30.4 Å². The fourth-order valence-corrected chi connectivity index (χ4v) is 3.99. The van der Waals surface area contributed by atoms with Crippen molar-refractivity contribution >= 4 is 29.4 Å². The molecule has 0 bridgehead atoms. The molecule has 0 saturated carbocycles. The van der Waals surface area contributed by atoms with Gasteiger partial charge in [-0.05, 0) is 49.7 Å². The molecular formula is C27H35N5O3. The minimum absolute atomic E-state index is 0.0295. The maximum absolute atomic E-state index is 12.2. The first kappa shape index (κ1) is 25.8. The van der Waals surface area contributed by atoms with E-state index >= 15 is 0 Å². The Morgan fingerprint density at radius 2 is 1.89 bits per heavy atom. The van der Waals surface area contributed by atoms with Crippen LogP contribution in [0, 0.1) is 10.8 Å². The van der Waals surface area contributed by atoms with Crippen molar-refractivity contribution in [2.24, 2.45) is 5.73 Å². The highest BCUT2D eigenvalue weighted by Gasteiger charge is 2.21. The van der Waals surface area contributed by atoms with E-state index in [1.807, 2.05) is 66.4 Å². The number of carbonyl (C=O) groups is 1. The molecule has 8 nitrogen and oxygen atoms in total. The number of nitrogens with zero attached hydrogens (tertiary/aromatic N) is 2. The van der Waals surface area contributed by atoms with Gasteiger partial charge in [0.25, 0.3) is 0 Å². The average molecular weight is 478 g/mol. The maximum Gasteiger partial charge on any atom is 0.325 e. The zero-order valence-corrected chi connectivity index (χ0v) is 20.5. The fraction of sp³-hybridized carbons (Fsp3) is 0.370. The van der Waals surface area contributed by atoms with Gasteiger partial charge in [0.2, 0.25) is 0 Å². The van der Waals surface area contributed by atoms with Gasteiger partial charge in [0.1, 0.15) is 24.2 Å². The second-order valence-electron chi connectivity index (χ2n) is 8.51. The van der Waals surface area contributed by atoms with Crippen LogP contribution in [0.25, 0.3) is 6.08 Å². The Morgan fingerprint density at radius 3 is 2.51 bits per heavy atom. The molecule has 1 fully saturated rings. The lowest BCUT2D eigenvalue weighted by molar-refractivity contribution is -0.141. The summed E-state index contributed by atoms with van der Waals surface area (Å²) >= 11 is 0. The van der Waals surface area contributed by atoms with Crippen molar-refractivity contribution in [3.05, 3.63) is 65.7 Å². The zero-order valence-electron chi connectivity index (χ0n) is 20.5. The molecule has 0 amide bonds. The molecule has 0 aliphatic carbocycles. The predicted octanol–water partition coefficient (Wildman–Crippen LogP) is 3.89. The number of hydrogen-bond donors (Lipinski definition) is 3. The molecule has 1 aliphatic rings. The van der Waals surface area contributed by atoms with Crippen molar-refractivity contribution in [3.8, 4) is 5.75 Å². The van der Waals surface area contributed by atoms with E-state index in [-0.39, 0.29) is 24.5 Å². The molecule has 1 aliphatic heterocycles. The number of likely N-dealkylation sites (tertiary alicyclic amines) is 1. The number of nitrogen functional groups attached to an aromatic ring is 1. The number of benzene rings is 2. The van der Waals surface area contributed by atoms with Crippen LogP contribution in [0.3, 0.4) is 0 Å². The van der Waals surface area contributed by atoms with Crippen molar-refractivity contribution in [2.75, 3.05) is 37.7 Å². The van der Waals surface area contributed by atoms with E-state index in [4.69, 9.17) is 26.0 Å². The number of ether oxygens (including phenoxy) is 2. The van der Waals surface area contributed by atoms with Crippen molar-refractivity contribution in [3.63, 3.8) is 0 Å². The Balaban J connectivity index is 1.65. The number of anilines is 1. The van der Waals surface area contributed by atoms with Crippen LogP contribution in [-0.4, -0.2) is 61.4 Å². The molecule has 1 heterocycles. The summed E-state index contributed by atoms with van der Waals surface area (Å²) in [4.78, 5) is 16.2. The van der Waals surface area contributed by atoms with Crippen LogP contribution in [0.4, 0.5) is 5.69 Å². The van der Waals surface area contributed by atoms with Gasteiger partial charge in [0, 0.05) is 43.7 Å². The van der Waals surface area contributed by atoms with E-state index in [0.717, 1.165) is 42.9 Å². The van der Waals surface area contributed by atoms with Crippen molar-refractivity contribution in [1.29, 1.82) is 10.8 Å². The Morgan fingerprint density at radius 1 is 1.17 bits per heavy atom. The summed E-state index contributed by atoms with van der Waals surface area (Å²) in [6.07, 6.45) is 5.85. The number of amidine groups is 2. The molecule has 186 valence electrons. The standard InChI is InChI=1S/C27H35N5O3/c1-3-34-26(33)19-32(15-5-7-21-6-4-8-22(18-21)27(29)30)23-9-11-24(12-10-23)35-25-13-16-31(17-14-25)20(2)28/h4-12,18,25,28H,3,13-17,19H2,1-2H3,(H3,29,30). The van der Waals surface area contributed by atoms with Crippen molar-refractivity contribution in [1.82, 2.24) is 4.90 Å². The van der Waals surface area contributed by atoms with Crippen LogP contribution in [-0.2, 0) is 9.53 Å². The summed E-state index contributed by atoms with van der Waals surface area (Å²) in [6.45, 7) is 6.27. The number of piperidine rings is 1. The van der Waals surface area contributed by atoms with E-state index in [9.17, 15) is 4.79 Å². The van der Waals surface area contributed by atoms with Crippen LogP contribution < -0.4 is 15.4 Å². The van der Waals surface area contributed by atoms with Gasteiger partial charge in [-0.3, -0.25) is 15.6 Å². The number of carbonyl (C=O) groups excluding carboxylic acids is 1. The first-order chi connectivity index (χ1) is 16.9. The highest BCUT2D eigenvalue weighted by molar-refractivity contribution is 5.95. The third-order valence-corrected chi connectivity index (χ3v) is 5.88. The highest BCUT2D eigenvalue weighted by atomic mass is 16.5. The molecule has 0 spiro atoms. The number of nitrogens with two attached hydrogens (primary N) is 1. The first-order valence-electron chi connectivity index (χ1n) is 11.9. The molecule has 0 radical (unpaired) electrons. The molecular weight excluding hydrogens is 442 g/mol. The SMILES string of the molecule is CCOC(=O)CN(CC=Cc1cccc(C(=N)N)c1)c1ccc(OC2CCN(C(C)=N)CC2)cc1. The lowest BCUT2D eigenvalue weighted by Gasteiger charge is -2.32. The molecule has 2 aromatic carbocycles. The van der Waals surface area contributed by atoms with E-state index in [1.165, 1.54) is 0 Å². The Hall–Kier alpha value is -3.81. The highest BCUT2D eigenvalue weighted by Crippen LogP contribution is 2.23. The van der Waals surface area contributed by atoms with Gasteiger partial charge >= 0.3 is 5.97 Å². The van der Waals surface area contributed by atoms with Crippen LogP contribution >= 0.6 is 0 Å². The molecule has 0 atom stereocenters. The summed E-state index contributed by atoms with van der Waals surface area (Å²) in [6, 6.07) is 15.2. The minimum Gasteiger partial charge on any atom is -0.490 e. The van der Waals surface area contributed by atoms with Crippen molar-refractivity contribution in [2.45, 2.75) is 32.8 Å². The van der Waals surface area contributed by atoms with Gasteiger partial charge < -0.3 is 25.0 Å². The van der Waals surface area contributed by atoms with Crippen LogP contribution in [0.1, 0.15) is 37.8 Å². The lowest BCUT2D eigenvalue weighted by atomic mass is 10.1. The van der Waals surface area contributed by atoms with Gasteiger partial charge in [-0.15, -0.1) is 0 Å². The van der Waals surface area contributed by atoms with E-state index in [2.05, 4.69) is 4.90 Å². The predicted molar refractivity (Wildman–Crippen MR) is 140 cm³/mol.